The van der Waals surface area contributed by atoms with E-state index < -0.39 is 41.2 Å². The number of anilines is 1. The van der Waals surface area contributed by atoms with Gasteiger partial charge in [0.1, 0.15) is 11.2 Å². The van der Waals surface area contributed by atoms with Gasteiger partial charge in [0.2, 0.25) is 11.8 Å². The Morgan fingerprint density at radius 3 is 2.24 bits per heavy atom. The monoisotopic (exact) mass is 513 g/mol. The second kappa shape index (κ2) is 9.75. The third-order valence-electron chi connectivity index (χ3n) is 6.93. The Labute approximate surface area is 219 Å². The number of amides is 4. The molecule has 2 aliphatic heterocycles. The fourth-order valence-corrected chi connectivity index (χ4v) is 5.02. The van der Waals surface area contributed by atoms with Crippen molar-refractivity contribution in [3.63, 3.8) is 0 Å². The lowest BCUT2D eigenvalue weighted by atomic mass is 9.88. The Hall–Kier alpha value is -4.51. The number of hydrogen-bond acceptors (Lipinski definition) is 3. The molecule has 3 aromatic carbocycles. The topological polar surface area (TPSA) is 60.9 Å². The molecule has 5 rings (SSSR count). The Morgan fingerprint density at radius 2 is 1.55 bits per heavy atom. The Bertz CT molecular complexity index is 1490. The van der Waals surface area contributed by atoms with Crippen LogP contribution in [0.25, 0.3) is 0 Å². The maximum Gasteiger partial charge on any atom is 0.332 e. The van der Waals surface area contributed by atoms with Crippen LogP contribution in [0.5, 0.6) is 0 Å². The predicted molar refractivity (Wildman–Crippen MR) is 138 cm³/mol. The molecule has 8 heteroatoms. The summed E-state index contributed by atoms with van der Waals surface area (Å²) in [7, 11) is 0. The van der Waals surface area contributed by atoms with Crippen LogP contribution in [0.3, 0.4) is 0 Å². The first-order valence-corrected chi connectivity index (χ1v) is 12.2. The number of nitrogens with zero attached hydrogens (tertiary/aromatic N) is 3. The van der Waals surface area contributed by atoms with Crippen LogP contribution >= 0.6 is 0 Å². The van der Waals surface area contributed by atoms with Crippen LogP contribution in [0.1, 0.15) is 35.6 Å². The summed E-state index contributed by atoms with van der Waals surface area (Å²) in [6.45, 7) is 4.18. The third-order valence-corrected chi connectivity index (χ3v) is 6.93. The van der Waals surface area contributed by atoms with Crippen LogP contribution in [-0.4, -0.2) is 46.3 Å². The van der Waals surface area contributed by atoms with Crippen LogP contribution in [0.2, 0.25) is 0 Å². The number of halogens is 2. The summed E-state index contributed by atoms with van der Waals surface area (Å²) in [5.74, 6) is 2.13. The van der Waals surface area contributed by atoms with Crippen molar-refractivity contribution >= 4 is 23.5 Å². The van der Waals surface area contributed by atoms with Gasteiger partial charge in [0, 0.05) is 30.8 Å². The molecule has 1 atom stereocenters. The smallest absolute Gasteiger partial charge is 0.332 e. The molecule has 2 saturated heterocycles. The molecule has 1 unspecified atom stereocenters. The van der Waals surface area contributed by atoms with Crippen LogP contribution in [0.4, 0.5) is 19.3 Å². The number of rotatable bonds is 3. The van der Waals surface area contributed by atoms with Gasteiger partial charge in [0.05, 0.1) is 6.42 Å². The van der Waals surface area contributed by atoms with Crippen LogP contribution in [0.15, 0.2) is 66.7 Å². The second-order valence-electron chi connectivity index (χ2n) is 9.73. The zero-order chi connectivity index (χ0) is 27.0. The highest BCUT2D eigenvalue weighted by Crippen LogP contribution is 2.37. The summed E-state index contributed by atoms with van der Waals surface area (Å²) in [5, 5.41) is 0. The number of benzene rings is 3. The van der Waals surface area contributed by atoms with E-state index in [2.05, 4.69) is 11.8 Å². The first-order chi connectivity index (χ1) is 18.2. The molecule has 2 fully saturated rings. The first kappa shape index (κ1) is 25.2. The first-order valence-electron chi connectivity index (χ1n) is 12.2. The number of fused-ring (bicyclic) bond motifs is 1. The Balaban J connectivity index is 1.40. The number of carbonyl (C=O) groups is 3. The van der Waals surface area contributed by atoms with E-state index in [1.54, 1.807) is 29.2 Å². The molecule has 0 spiro atoms. The van der Waals surface area contributed by atoms with Gasteiger partial charge >= 0.3 is 6.03 Å². The number of urea groups is 1. The van der Waals surface area contributed by atoms with Crippen LogP contribution < -0.4 is 4.90 Å². The van der Waals surface area contributed by atoms with E-state index in [-0.39, 0.29) is 24.6 Å². The lowest BCUT2D eigenvalue weighted by molar-refractivity contribution is -0.152. The van der Waals surface area contributed by atoms with Crippen molar-refractivity contribution in [2.24, 2.45) is 0 Å². The van der Waals surface area contributed by atoms with E-state index in [0.29, 0.717) is 17.0 Å². The van der Waals surface area contributed by atoms with Crippen molar-refractivity contribution in [3.05, 3.63) is 101 Å². The number of aryl methyl sites for hydroxylation is 1. The lowest BCUT2D eigenvalue weighted by Crippen LogP contribution is -2.72. The maximum atomic E-state index is 15.2. The quantitative estimate of drug-likeness (QED) is 0.480. The van der Waals surface area contributed by atoms with E-state index in [0.717, 1.165) is 23.3 Å². The average Bonchev–Trinajstić information content (AvgIpc) is 2.87. The minimum absolute atomic E-state index is 0.0642. The Morgan fingerprint density at radius 1 is 0.868 bits per heavy atom. The van der Waals surface area contributed by atoms with Gasteiger partial charge in [-0.3, -0.25) is 9.59 Å². The highest BCUT2D eigenvalue weighted by Gasteiger charge is 2.55. The van der Waals surface area contributed by atoms with Crippen molar-refractivity contribution in [2.45, 2.75) is 32.4 Å². The molecule has 0 radical (unpaired) electrons. The van der Waals surface area contributed by atoms with Gasteiger partial charge in [0.15, 0.2) is 11.6 Å². The van der Waals surface area contributed by atoms with Crippen LogP contribution in [0, 0.1) is 30.4 Å². The summed E-state index contributed by atoms with van der Waals surface area (Å²) >= 11 is 0. The predicted octanol–water partition coefficient (Wildman–Crippen LogP) is 4.63. The molecule has 0 N–H and O–H groups in total. The van der Waals surface area contributed by atoms with Gasteiger partial charge in [-0.1, -0.05) is 59.9 Å². The van der Waals surface area contributed by atoms with Crippen molar-refractivity contribution in [1.82, 2.24) is 9.80 Å². The number of hydrogen-bond donors (Lipinski definition) is 0. The molecule has 0 saturated carbocycles. The fraction of sp³-hybridized carbons (Fsp3) is 0.233. The van der Waals surface area contributed by atoms with Crippen molar-refractivity contribution in [1.29, 1.82) is 0 Å². The number of piperazine rings is 1. The van der Waals surface area contributed by atoms with E-state index in [1.165, 1.54) is 11.8 Å². The average molecular weight is 514 g/mol. The van der Waals surface area contributed by atoms with E-state index in [1.807, 2.05) is 37.3 Å². The highest BCUT2D eigenvalue weighted by atomic mass is 19.1. The molecule has 6 nitrogen and oxygen atoms in total. The molecule has 0 bridgehead atoms. The van der Waals surface area contributed by atoms with E-state index in [4.69, 9.17) is 0 Å². The van der Waals surface area contributed by atoms with Gasteiger partial charge in [0.25, 0.3) is 0 Å². The fourth-order valence-electron chi connectivity index (χ4n) is 5.02. The van der Waals surface area contributed by atoms with Gasteiger partial charge in [-0.2, -0.15) is 0 Å². The largest absolute Gasteiger partial charge is 0.335 e. The molecular weight excluding hydrogens is 488 g/mol. The summed E-state index contributed by atoms with van der Waals surface area (Å²) in [6, 6.07) is 17.7. The molecule has 0 aromatic heterocycles. The summed E-state index contributed by atoms with van der Waals surface area (Å²) in [5.41, 5.74) is 0.519. The van der Waals surface area contributed by atoms with Crippen molar-refractivity contribution < 1.29 is 23.2 Å². The van der Waals surface area contributed by atoms with Gasteiger partial charge < -0.3 is 9.80 Å². The summed E-state index contributed by atoms with van der Waals surface area (Å²) < 4.78 is 30.3. The van der Waals surface area contributed by atoms with E-state index in [9.17, 15) is 14.4 Å². The zero-order valence-corrected chi connectivity index (χ0v) is 21.0. The third kappa shape index (κ3) is 4.52. The Kier molecular flexibility index (Phi) is 6.45. The number of carbonyl (C=O) groups excluding carboxylic acids is 3. The second-order valence-corrected chi connectivity index (χ2v) is 9.73. The summed E-state index contributed by atoms with van der Waals surface area (Å²) in [4.78, 5) is 43.4. The molecule has 192 valence electrons. The van der Waals surface area contributed by atoms with Crippen molar-refractivity contribution in [3.8, 4) is 11.8 Å². The molecular formula is C30H25F2N3O3. The van der Waals surface area contributed by atoms with Gasteiger partial charge in [-0.05, 0) is 43.7 Å². The highest BCUT2D eigenvalue weighted by molar-refractivity contribution is 6.19. The van der Waals surface area contributed by atoms with Gasteiger partial charge in [-0.25, -0.2) is 18.5 Å². The normalized spacial score (nSPS) is 19.3. The van der Waals surface area contributed by atoms with Crippen molar-refractivity contribution in [2.75, 3.05) is 18.0 Å². The molecule has 0 aliphatic carbocycles. The maximum absolute atomic E-state index is 15.2. The number of imide groups is 1. The standard InChI is InChI=1S/C30H25F2N3O3/c1-20-7-6-10-23(15-20)19-33-13-14-34-29(38)35(26(36)18-30(34,2)28(33)37)27-24(31)16-22(17-25(27)32)12-11-21-8-4-3-5-9-21/h3-10,15-17H,13-14,18-19H2,1-2H3. The van der Waals surface area contributed by atoms with E-state index >= 15 is 8.78 Å². The lowest BCUT2D eigenvalue weighted by Gasteiger charge is -2.51. The van der Waals surface area contributed by atoms with Crippen LogP contribution in [-0.2, 0) is 16.1 Å². The molecule has 3 aromatic rings. The molecule has 38 heavy (non-hydrogen) atoms. The SMILES string of the molecule is Cc1cccc(CN2CCN3C(=O)N(c4c(F)cc(C#Cc5ccccc5)cc4F)C(=O)CC3(C)C2=O)c1. The zero-order valence-electron chi connectivity index (χ0n) is 21.0. The summed E-state index contributed by atoms with van der Waals surface area (Å²) in [6.07, 6.45) is -0.393. The van der Waals surface area contributed by atoms with Gasteiger partial charge in [-0.15, -0.1) is 0 Å². The molecule has 2 aliphatic rings. The molecule has 4 amide bonds. The minimum atomic E-state index is -1.44. The molecule has 2 heterocycles. The minimum Gasteiger partial charge on any atom is -0.335 e.